The number of amides is 1. The van der Waals surface area contributed by atoms with E-state index in [1.54, 1.807) is 0 Å². The summed E-state index contributed by atoms with van der Waals surface area (Å²) in [5.41, 5.74) is 0. The molecule has 0 bridgehead atoms. The van der Waals surface area contributed by atoms with Crippen LogP contribution in [0.2, 0.25) is 0 Å². The average Bonchev–Trinajstić information content (AvgIpc) is 2.33. The number of halogens is 1. The molecule has 0 spiro atoms. The van der Waals surface area contributed by atoms with Crippen LogP contribution in [0, 0.1) is 11.8 Å². The van der Waals surface area contributed by atoms with Gasteiger partial charge in [0.05, 0.1) is 7.85 Å². The zero-order valence-corrected chi connectivity index (χ0v) is 11.5. The highest BCUT2D eigenvalue weighted by Crippen LogP contribution is 2.43. The van der Waals surface area contributed by atoms with Gasteiger partial charge in [0.1, 0.15) is 0 Å². The van der Waals surface area contributed by atoms with Crippen molar-refractivity contribution < 1.29 is 4.79 Å². The highest BCUT2D eigenvalue weighted by molar-refractivity contribution is 14.1. The number of nitrogens with zero attached hydrogens (tertiary/aromatic N) is 1. The van der Waals surface area contributed by atoms with E-state index in [0.717, 1.165) is 25.7 Å². The van der Waals surface area contributed by atoms with E-state index in [-0.39, 0.29) is 3.32 Å². The second-order valence-electron chi connectivity index (χ2n) is 5.14. The van der Waals surface area contributed by atoms with Gasteiger partial charge in [-0.1, -0.05) is 29.5 Å². The maximum absolute atomic E-state index is 11.6. The standard InChI is InChI=1S/C11H17BINO/c1-7-5-8-6-10(15)14(2)9(8)3-4-11(7,12)13/h7-9H,3-6H2,1-2H3. The van der Waals surface area contributed by atoms with Crippen molar-refractivity contribution in [2.45, 2.75) is 42.0 Å². The molecule has 2 nitrogen and oxygen atoms in total. The van der Waals surface area contributed by atoms with Gasteiger partial charge in [-0.25, -0.2) is 0 Å². The van der Waals surface area contributed by atoms with Crippen molar-refractivity contribution in [1.29, 1.82) is 0 Å². The number of alkyl halides is 1. The van der Waals surface area contributed by atoms with E-state index in [9.17, 15) is 4.79 Å². The van der Waals surface area contributed by atoms with E-state index in [1.807, 2.05) is 11.9 Å². The van der Waals surface area contributed by atoms with Gasteiger partial charge < -0.3 is 4.90 Å². The summed E-state index contributed by atoms with van der Waals surface area (Å²) >= 11 is 2.39. The van der Waals surface area contributed by atoms with Crippen molar-refractivity contribution in [3.8, 4) is 0 Å². The van der Waals surface area contributed by atoms with Crippen LogP contribution in [0.15, 0.2) is 0 Å². The molecule has 1 aliphatic carbocycles. The van der Waals surface area contributed by atoms with Crippen LogP contribution < -0.4 is 0 Å². The van der Waals surface area contributed by atoms with Gasteiger partial charge in [-0.3, -0.25) is 4.79 Å². The molecule has 4 atom stereocenters. The number of carbonyl (C=O) groups is 1. The van der Waals surface area contributed by atoms with Crippen molar-refractivity contribution in [1.82, 2.24) is 4.90 Å². The lowest BCUT2D eigenvalue weighted by Gasteiger charge is -2.28. The van der Waals surface area contributed by atoms with Gasteiger partial charge in [0.2, 0.25) is 5.91 Å². The lowest BCUT2D eigenvalue weighted by Crippen LogP contribution is -2.31. The Hall–Kier alpha value is 0.265. The van der Waals surface area contributed by atoms with Crippen LogP contribution in [0.25, 0.3) is 0 Å². The van der Waals surface area contributed by atoms with E-state index in [2.05, 4.69) is 29.5 Å². The Labute approximate surface area is 107 Å². The van der Waals surface area contributed by atoms with Gasteiger partial charge in [0.25, 0.3) is 0 Å². The number of carbonyl (C=O) groups excluding carboxylic acids is 1. The zero-order valence-electron chi connectivity index (χ0n) is 9.37. The molecule has 4 unspecified atom stereocenters. The summed E-state index contributed by atoms with van der Waals surface area (Å²) < 4.78 is -0.0774. The Bertz CT molecular complexity index is 282. The number of likely N-dealkylation sites (tertiary alicyclic amines) is 1. The summed E-state index contributed by atoms with van der Waals surface area (Å²) in [6.45, 7) is 2.22. The fourth-order valence-corrected chi connectivity index (χ4v) is 3.51. The molecule has 0 aromatic carbocycles. The molecule has 0 aromatic rings. The van der Waals surface area contributed by atoms with Crippen LogP contribution in [0.1, 0.15) is 32.6 Å². The highest BCUT2D eigenvalue weighted by atomic mass is 127. The van der Waals surface area contributed by atoms with Crippen molar-refractivity contribution in [2.24, 2.45) is 11.8 Å². The van der Waals surface area contributed by atoms with Crippen LogP contribution in [-0.4, -0.2) is 35.1 Å². The lowest BCUT2D eigenvalue weighted by molar-refractivity contribution is -0.127. The molecule has 2 rings (SSSR count). The third-order valence-corrected chi connectivity index (χ3v) is 5.77. The molecule has 0 N–H and O–H groups in total. The minimum absolute atomic E-state index is 0.0774. The molecule has 1 heterocycles. The summed E-state index contributed by atoms with van der Waals surface area (Å²) in [5, 5.41) is 0. The molecule has 1 amide bonds. The number of hydrogen-bond donors (Lipinski definition) is 0. The van der Waals surface area contributed by atoms with Crippen molar-refractivity contribution >= 4 is 36.3 Å². The van der Waals surface area contributed by atoms with Gasteiger partial charge in [0, 0.05) is 19.5 Å². The smallest absolute Gasteiger partial charge is 0.222 e. The van der Waals surface area contributed by atoms with Crippen LogP contribution in [0.5, 0.6) is 0 Å². The largest absolute Gasteiger partial charge is 0.342 e. The monoisotopic (exact) mass is 317 g/mol. The van der Waals surface area contributed by atoms with E-state index < -0.39 is 0 Å². The Morgan fingerprint density at radius 1 is 1.60 bits per heavy atom. The summed E-state index contributed by atoms with van der Waals surface area (Å²) in [6.07, 6.45) is 3.92. The molecule has 4 heteroatoms. The SMILES string of the molecule is [B]C1(I)CCC2C(CC(=O)N2C)CC1C. The molecular formula is C11H17BINO. The fourth-order valence-electron chi connectivity index (χ4n) is 2.94. The first-order valence-electron chi connectivity index (χ1n) is 5.65. The third kappa shape index (κ3) is 2.06. The third-order valence-electron chi connectivity index (χ3n) is 4.17. The zero-order chi connectivity index (χ0) is 11.2. The normalized spacial score (nSPS) is 46.5. The van der Waals surface area contributed by atoms with Crippen molar-refractivity contribution in [3.05, 3.63) is 0 Å². The minimum atomic E-state index is -0.0774. The molecule has 15 heavy (non-hydrogen) atoms. The van der Waals surface area contributed by atoms with E-state index >= 15 is 0 Å². The maximum Gasteiger partial charge on any atom is 0.222 e. The lowest BCUT2D eigenvalue weighted by atomic mass is 9.73. The van der Waals surface area contributed by atoms with Crippen LogP contribution in [-0.2, 0) is 4.79 Å². The quantitative estimate of drug-likeness (QED) is 0.380. The molecule has 1 aliphatic heterocycles. The summed E-state index contributed by atoms with van der Waals surface area (Å²) in [7, 11) is 8.23. The Morgan fingerprint density at radius 2 is 2.27 bits per heavy atom. The molecule has 1 saturated heterocycles. The van der Waals surface area contributed by atoms with Crippen LogP contribution >= 0.6 is 22.6 Å². The number of hydrogen-bond acceptors (Lipinski definition) is 1. The van der Waals surface area contributed by atoms with E-state index in [1.165, 1.54) is 0 Å². The summed E-state index contributed by atoms with van der Waals surface area (Å²) in [4.78, 5) is 13.6. The van der Waals surface area contributed by atoms with Crippen LogP contribution in [0.4, 0.5) is 0 Å². The molecule has 2 fully saturated rings. The molecule has 2 radical (unpaired) electrons. The first-order chi connectivity index (χ1) is 6.92. The van der Waals surface area contributed by atoms with Gasteiger partial charge in [0.15, 0.2) is 0 Å². The Morgan fingerprint density at radius 3 is 2.93 bits per heavy atom. The molecule has 1 saturated carbocycles. The van der Waals surface area contributed by atoms with E-state index in [0.29, 0.717) is 23.8 Å². The second kappa shape index (κ2) is 3.93. The number of fused-ring (bicyclic) bond motifs is 1. The molecule has 82 valence electrons. The van der Waals surface area contributed by atoms with Gasteiger partial charge in [-0.05, 0) is 34.4 Å². The predicted octanol–water partition coefficient (Wildman–Crippen LogP) is 1.95. The Kier molecular flexibility index (Phi) is 3.08. The van der Waals surface area contributed by atoms with Gasteiger partial charge in [-0.2, -0.15) is 0 Å². The first kappa shape index (κ1) is 11.7. The van der Waals surface area contributed by atoms with Crippen molar-refractivity contribution in [2.75, 3.05) is 7.05 Å². The minimum Gasteiger partial charge on any atom is -0.342 e. The summed E-state index contributed by atoms with van der Waals surface area (Å²) in [5.74, 6) is 1.36. The molecular weight excluding hydrogens is 300 g/mol. The average molecular weight is 317 g/mol. The topological polar surface area (TPSA) is 20.3 Å². The fraction of sp³-hybridized carbons (Fsp3) is 0.909. The second-order valence-corrected chi connectivity index (χ2v) is 7.15. The van der Waals surface area contributed by atoms with Crippen LogP contribution in [0.3, 0.4) is 0 Å². The highest BCUT2D eigenvalue weighted by Gasteiger charge is 2.43. The first-order valence-corrected chi connectivity index (χ1v) is 6.73. The summed E-state index contributed by atoms with van der Waals surface area (Å²) in [6, 6.07) is 0.445. The Balaban J connectivity index is 2.16. The van der Waals surface area contributed by atoms with Gasteiger partial charge >= 0.3 is 0 Å². The van der Waals surface area contributed by atoms with Crippen molar-refractivity contribution in [3.63, 3.8) is 0 Å². The van der Waals surface area contributed by atoms with E-state index in [4.69, 9.17) is 7.85 Å². The van der Waals surface area contributed by atoms with Gasteiger partial charge in [-0.15, -0.1) is 0 Å². The maximum atomic E-state index is 11.6. The number of rotatable bonds is 0. The molecule has 2 aliphatic rings. The predicted molar refractivity (Wildman–Crippen MR) is 70.2 cm³/mol. The molecule has 0 aromatic heterocycles.